The molecule has 0 saturated carbocycles. The van der Waals surface area contributed by atoms with Crippen molar-refractivity contribution in [1.29, 1.82) is 0 Å². The highest BCUT2D eigenvalue weighted by Crippen LogP contribution is 2.19. The van der Waals surface area contributed by atoms with Gasteiger partial charge in [0, 0.05) is 13.1 Å². The Kier molecular flexibility index (Phi) is 7.24. The van der Waals surface area contributed by atoms with Crippen LogP contribution >= 0.6 is 0 Å². The Balaban J connectivity index is 1.77. The first kappa shape index (κ1) is 21.6. The van der Waals surface area contributed by atoms with Gasteiger partial charge in [0.05, 0.1) is 30.7 Å². The van der Waals surface area contributed by atoms with Gasteiger partial charge in [-0.1, -0.05) is 32.4 Å². The van der Waals surface area contributed by atoms with Gasteiger partial charge in [0.2, 0.25) is 5.91 Å². The third-order valence-corrected chi connectivity index (χ3v) is 5.25. The van der Waals surface area contributed by atoms with Crippen molar-refractivity contribution in [2.75, 3.05) is 31.6 Å². The molecule has 2 atom stereocenters. The molecular formula is C22H27N3O5. The zero-order valence-electron chi connectivity index (χ0n) is 17.2. The Hall–Kier alpha value is -3.13. The number of nitrogens with zero attached hydrogens (tertiary/aromatic N) is 1. The number of ether oxygens (including phenoxy) is 1. The standard InChI is InChI=1S/C22H27N3O5/c1-3-15(2)19(22(28)25-10-13-29-14-11-25)24-20(26)16-7-4-5-8-17(16)23-21(27)18-9-6-12-30-18/h4-9,12,15,19H,3,10-11,13-14H2,1-2H3,(H,23,27)(H,24,26)/t15-,19-/m1/s1. The molecule has 0 spiro atoms. The Morgan fingerprint density at radius 2 is 1.80 bits per heavy atom. The Morgan fingerprint density at radius 1 is 1.07 bits per heavy atom. The third kappa shape index (κ3) is 5.07. The fraction of sp³-hybridized carbons (Fsp3) is 0.409. The van der Waals surface area contributed by atoms with Crippen molar-refractivity contribution in [2.24, 2.45) is 5.92 Å². The molecule has 1 fully saturated rings. The maximum absolute atomic E-state index is 13.1. The first-order valence-corrected chi connectivity index (χ1v) is 10.1. The molecule has 30 heavy (non-hydrogen) atoms. The Labute approximate surface area is 175 Å². The lowest BCUT2D eigenvalue weighted by Gasteiger charge is -2.33. The van der Waals surface area contributed by atoms with Crippen molar-refractivity contribution < 1.29 is 23.5 Å². The van der Waals surface area contributed by atoms with Gasteiger partial charge in [-0.3, -0.25) is 14.4 Å². The van der Waals surface area contributed by atoms with E-state index in [4.69, 9.17) is 9.15 Å². The first-order chi connectivity index (χ1) is 14.5. The van der Waals surface area contributed by atoms with Crippen molar-refractivity contribution in [3.05, 3.63) is 54.0 Å². The van der Waals surface area contributed by atoms with Gasteiger partial charge < -0.3 is 24.7 Å². The molecule has 2 N–H and O–H groups in total. The highest BCUT2D eigenvalue weighted by Gasteiger charge is 2.31. The van der Waals surface area contributed by atoms with Gasteiger partial charge in [0.15, 0.2) is 5.76 Å². The van der Waals surface area contributed by atoms with Crippen molar-refractivity contribution >= 4 is 23.4 Å². The molecule has 0 radical (unpaired) electrons. The van der Waals surface area contributed by atoms with Crippen LogP contribution in [0.2, 0.25) is 0 Å². The van der Waals surface area contributed by atoms with Crippen molar-refractivity contribution in [1.82, 2.24) is 10.2 Å². The van der Waals surface area contributed by atoms with E-state index in [9.17, 15) is 14.4 Å². The van der Waals surface area contributed by atoms with Crippen molar-refractivity contribution in [2.45, 2.75) is 26.3 Å². The SMILES string of the molecule is CC[C@@H](C)[C@@H](NC(=O)c1ccccc1NC(=O)c1ccco1)C(=O)N1CCOCC1. The first-order valence-electron chi connectivity index (χ1n) is 10.1. The van der Waals surface area contributed by atoms with Crippen LogP contribution in [0.15, 0.2) is 47.1 Å². The van der Waals surface area contributed by atoms with E-state index in [1.165, 1.54) is 12.3 Å². The minimum Gasteiger partial charge on any atom is -0.459 e. The van der Waals surface area contributed by atoms with Crippen LogP contribution in [0.5, 0.6) is 0 Å². The molecule has 160 valence electrons. The minimum atomic E-state index is -0.658. The van der Waals surface area contributed by atoms with E-state index >= 15 is 0 Å². The molecule has 0 aliphatic carbocycles. The summed E-state index contributed by atoms with van der Waals surface area (Å²) in [7, 11) is 0. The summed E-state index contributed by atoms with van der Waals surface area (Å²) in [6.45, 7) is 5.93. The van der Waals surface area contributed by atoms with Gasteiger partial charge in [-0.2, -0.15) is 0 Å². The maximum Gasteiger partial charge on any atom is 0.291 e. The van der Waals surface area contributed by atoms with Gasteiger partial charge in [-0.05, 0) is 30.2 Å². The van der Waals surface area contributed by atoms with E-state index in [0.29, 0.717) is 32.0 Å². The van der Waals surface area contributed by atoms with Crippen LogP contribution in [-0.4, -0.2) is 55.0 Å². The van der Waals surface area contributed by atoms with E-state index in [1.807, 2.05) is 13.8 Å². The van der Waals surface area contributed by atoms with Crippen LogP contribution in [-0.2, 0) is 9.53 Å². The number of hydrogen-bond donors (Lipinski definition) is 2. The second-order valence-electron chi connectivity index (χ2n) is 7.25. The second kappa shape index (κ2) is 10.1. The summed E-state index contributed by atoms with van der Waals surface area (Å²) in [6.07, 6.45) is 2.14. The van der Waals surface area contributed by atoms with E-state index in [0.717, 1.165) is 6.42 Å². The molecule has 2 aromatic rings. The lowest BCUT2D eigenvalue weighted by Crippen LogP contribution is -2.54. The summed E-state index contributed by atoms with van der Waals surface area (Å²) in [5, 5.41) is 5.58. The van der Waals surface area contributed by atoms with E-state index < -0.39 is 17.9 Å². The average Bonchev–Trinajstić information content (AvgIpc) is 3.32. The number of amides is 3. The number of hydrogen-bond acceptors (Lipinski definition) is 5. The normalized spacial score (nSPS) is 15.9. The van der Waals surface area contributed by atoms with Gasteiger partial charge in [0.1, 0.15) is 6.04 Å². The predicted octanol–water partition coefficient (Wildman–Crippen LogP) is 2.54. The van der Waals surface area contributed by atoms with E-state index in [2.05, 4.69) is 10.6 Å². The molecule has 1 aliphatic heterocycles. The summed E-state index contributed by atoms with van der Waals surface area (Å²) < 4.78 is 10.4. The minimum absolute atomic E-state index is 0.0471. The number of benzene rings is 1. The van der Waals surface area contributed by atoms with Gasteiger partial charge in [-0.15, -0.1) is 0 Å². The molecule has 8 nitrogen and oxygen atoms in total. The van der Waals surface area contributed by atoms with Crippen LogP contribution in [0.4, 0.5) is 5.69 Å². The summed E-state index contributed by atoms with van der Waals surface area (Å²) in [4.78, 5) is 40.2. The molecular weight excluding hydrogens is 386 g/mol. The topological polar surface area (TPSA) is 101 Å². The zero-order chi connectivity index (χ0) is 21.5. The van der Waals surface area contributed by atoms with Gasteiger partial charge in [-0.25, -0.2) is 0 Å². The molecule has 3 rings (SSSR count). The second-order valence-corrected chi connectivity index (χ2v) is 7.25. The number of carbonyl (C=O) groups is 3. The smallest absolute Gasteiger partial charge is 0.291 e. The summed E-state index contributed by atoms with van der Waals surface area (Å²) in [5.41, 5.74) is 0.624. The zero-order valence-corrected chi connectivity index (χ0v) is 17.2. The summed E-state index contributed by atoms with van der Waals surface area (Å²) in [5.74, 6) is -0.891. The molecule has 0 unspecified atom stereocenters. The Bertz CT molecular complexity index is 875. The lowest BCUT2D eigenvalue weighted by molar-refractivity contribution is -0.138. The quantitative estimate of drug-likeness (QED) is 0.726. The highest BCUT2D eigenvalue weighted by atomic mass is 16.5. The van der Waals surface area contributed by atoms with Crippen LogP contribution < -0.4 is 10.6 Å². The van der Waals surface area contributed by atoms with Crippen molar-refractivity contribution in [3.8, 4) is 0 Å². The molecule has 1 saturated heterocycles. The van der Waals surface area contributed by atoms with Crippen molar-refractivity contribution in [3.63, 3.8) is 0 Å². The number of rotatable bonds is 7. The lowest BCUT2D eigenvalue weighted by atomic mass is 9.97. The van der Waals surface area contributed by atoms with Gasteiger partial charge in [0.25, 0.3) is 11.8 Å². The fourth-order valence-corrected chi connectivity index (χ4v) is 3.26. The number of furan rings is 1. The fourth-order valence-electron chi connectivity index (χ4n) is 3.26. The molecule has 2 heterocycles. The average molecular weight is 413 g/mol. The summed E-state index contributed by atoms with van der Waals surface area (Å²) in [6, 6.07) is 9.17. The number of nitrogens with one attached hydrogen (secondary N) is 2. The van der Waals surface area contributed by atoms with Crippen LogP contribution in [0.1, 0.15) is 41.2 Å². The largest absolute Gasteiger partial charge is 0.459 e. The van der Waals surface area contributed by atoms with E-state index in [-0.39, 0.29) is 23.1 Å². The molecule has 0 bridgehead atoms. The van der Waals surface area contributed by atoms with Gasteiger partial charge >= 0.3 is 0 Å². The predicted molar refractivity (Wildman–Crippen MR) is 111 cm³/mol. The molecule has 8 heteroatoms. The van der Waals surface area contributed by atoms with E-state index in [1.54, 1.807) is 35.2 Å². The molecule has 1 aliphatic rings. The molecule has 1 aromatic carbocycles. The number of carbonyl (C=O) groups excluding carboxylic acids is 3. The summed E-state index contributed by atoms with van der Waals surface area (Å²) >= 11 is 0. The monoisotopic (exact) mass is 413 g/mol. The Morgan fingerprint density at radius 3 is 2.47 bits per heavy atom. The third-order valence-electron chi connectivity index (χ3n) is 5.25. The van der Waals surface area contributed by atoms with Crippen LogP contribution in [0.25, 0.3) is 0 Å². The number of para-hydroxylation sites is 1. The number of anilines is 1. The number of morpholine rings is 1. The van der Waals surface area contributed by atoms with Crippen LogP contribution in [0, 0.1) is 5.92 Å². The molecule has 3 amide bonds. The maximum atomic E-state index is 13.1. The van der Waals surface area contributed by atoms with Crippen LogP contribution in [0.3, 0.4) is 0 Å². The highest BCUT2D eigenvalue weighted by molar-refractivity contribution is 6.08. The molecule has 1 aromatic heterocycles.